The van der Waals surface area contributed by atoms with E-state index >= 15 is 0 Å². The van der Waals surface area contributed by atoms with Gasteiger partial charge in [0.25, 0.3) is 0 Å². The van der Waals surface area contributed by atoms with Crippen LogP contribution in [-0.4, -0.2) is 22.2 Å². The lowest BCUT2D eigenvalue weighted by Crippen LogP contribution is -2.31. The minimum Gasteiger partial charge on any atom is -0.481 e. The van der Waals surface area contributed by atoms with E-state index in [1.807, 2.05) is 0 Å². The Bertz CT molecular complexity index is 452. The summed E-state index contributed by atoms with van der Waals surface area (Å²) in [6.07, 6.45) is 27.3. The van der Waals surface area contributed by atoms with Gasteiger partial charge in [0.15, 0.2) is 0 Å². The molecule has 0 bridgehead atoms. The zero-order chi connectivity index (χ0) is 25.3. The van der Waals surface area contributed by atoms with Gasteiger partial charge in [-0.05, 0) is 25.7 Å². The minimum atomic E-state index is -0.756. The molecule has 0 atom stereocenters. The van der Waals surface area contributed by atoms with E-state index in [4.69, 9.17) is 5.11 Å². The number of hydrogen-bond acceptors (Lipinski definition) is 2. The van der Waals surface area contributed by atoms with Gasteiger partial charge in [-0.2, -0.15) is 0 Å². The Morgan fingerprint density at radius 1 is 0.471 bits per heavy atom. The predicted molar refractivity (Wildman–Crippen MR) is 144 cm³/mol. The van der Waals surface area contributed by atoms with Gasteiger partial charge in [0, 0.05) is 6.42 Å². The molecule has 202 valence electrons. The molecule has 0 aromatic rings. The zero-order valence-electron chi connectivity index (χ0n) is 22.9. The maximum Gasteiger partial charge on any atom is 0.309 e. The Kier molecular flexibility index (Phi) is 22.9. The molecule has 0 aliphatic heterocycles. The third-order valence-electron chi connectivity index (χ3n) is 7.52. The first kappa shape index (κ1) is 32.9. The highest BCUT2D eigenvalue weighted by atomic mass is 16.4. The van der Waals surface area contributed by atoms with Crippen LogP contribution in [0.15, 0.2) is 0 Å². The van der Waals surface area contributed by atoms with E-state index in [9.17, 15) is 14.7 Å². The molecule has 0 aliphatic rings. The van der Waals surface area contributed by atoms with Crippen LogP contribution in [0.4, 0.5) is 0 Å². The van der Waals surface area contributed by atoms with Gasteiger partial charge in [0.05, 0.1) is 5.41 Å². The van der Waals surface area contributed by atoms with E-state index in [2.05, 4.69) is 13.8 Å². The van der Waals surface area contributed by atoms with Gasteiger partial charge < -0.3 is 10.2 Å². The summed E-state index contributed by atoms with van der Waals surface area (Å²) >= 11 is 0. The molecule has 4 nitrogen and oxygen atoms in total. The summed E-state index contributed by atoms with van der Waals surface area (Å²) in [7, 11) is 0. The molecule has 4 heteroatoms. The van der Waals surface area contributed by atoms with Crippen LogP contribution in [0.5, 0.6) is 0 Å². The van der Waals surface area contributed by atoms with Crippen LogP contribution in [-0.2, 0) is 9.59 Å². The van der Waals surface area contributed by atoms with Crippen LogP contribution in [0.3, 0.4) is 0 Å². The van der Waals surface area contributed by atoms with Crippen molar-refractivity contribution in [2.45, 2.75) is 174 Å². The second-order valence-electron chi connectivity index (χ2n) is 10.7. The van der Waals surface area contributed by atoms with E-state index in [1.54, 1.807) is 0 Å². The fourth-order valence-electron chi connectivity index (χ4n) is 5.16. The second kappa shape index (κ2) is 23.7. The SMILES string of the molecule is CCCCCCCCCCCC(CCCCCCCCCCC)(CCCCCC(=O)O)C(=O)O. The van der Waals surface area contributed by atoms with Crippen LogP contribution in [0.2, 0.25) is 0 Å². The molecule has 0 amide bonds. The molecule has 0 aromatic heterocycles. The van der Waals surface area contributed by atoms with Crippen LogP contribution in [0.1, 0.15) is 174 Å². The number of carbonyl (C=O) groups is 2. The molecule has 0 spiro atoms. The number of carboxylic acids is 2. The highest BCUT2D eigenvalue weighted by Gasteiger charge is 2.36. The molecule has 0 radical (unpaired) electrons. The van der Waals surface area contributed by atoms with Crippen LogP contribution >= 0.6 is 0 Å². The summed E-state index contributed by atoms with van der Waals surface area (Å²) in [6.45, 7) is 4.49. The van der Waals surface area contributed by atoms with Crippen molar-refractivity contribution in [3.05, 3.63) is 0 Å². The normalized spacial score (nSPS) is 11.7. The number of aliphatic carboxylic acids is 2. The third kappa shape index (κ3) is 19.3. The second-order valence-corrected chi connectivity index (χ2v) is 10.7. The average molecular weight is 483 g/mol. The lowest BCUT2D eigenvalue weighted by Gasteiger charge is -2.30. The van der Waals surface area contributed by atoms with Crippen LogP contribution in [0, 0.1) is 5.41 Å². The van der Waals surface area contributed by atoms with E-state index in [0.29, 0.717) is 12.8 Å². The maximum absolute atomic E-state index is 12.4. The van der Waals surface area contributed by atoms with E-state index in [0.717, 1.165) is 51.4 Å². The van der Waals surface area contributed by atoms with E-state index in [1.165, 1.54) is 89.9 Å². The topological polar surface area (TPSA) is 74.6 Å². The lowest BCUT2D eigenvalue weighted by atomic mass is 9.74. The average Bonchev–Trinajstić information content (AvgIpc) is 2.80. The molecule has 0 aromatic carbocycles. The number of hydrogen-bond donors (Lipinski definition) is 2. The highest BCUT2D eigenvalue weighted by molar-refractivity contribution is 5.74. The van der Waals surface area contributed by atoms with Gasteiger partial charge >= 0.3 is 11.9 Å². The summed E-state index contributed by atoms with van der Waals surface area (Å²) in [6, 6.07) is 0. The monoisotopic (exact) mass is 482 g/mol. The minimum absolute atomic E-state index is 0.191. The molecule has 0 saturated heterocycles. The van der Waals surface area contributed by atoms with E-state index < -0.39 is 17.4 Å². The van der Waals surface area contributed by atoms with Crippen molar-refractivity contribution in [2.75, 3.05) is 0 Å². The van der Waals surface area contributed by atoms with Gasteiger partial charge in [0.1, 0.15) is 0 Å². The van der Waals surface area contributed by atoms with Crippen molar-refractivity contribution in [3.63, 3.8) is 0 Å². The summed E-state index contributed by atoms with van der Waals surface area (Å²) in [5, 5.41) is 19.1. The first-order valence-electron chi connectivity index (χ1n) is 14.9. The first-order valence-corrected chi connectivity index (χ1v) is 14.9. The van der Waals surface area contributed by atoms with Gasteiger partial charge in [0.2, 0.25) is 0 Å². The number of rotatable bonds is 27. The standard InChI is InChI=1S/C30H58O4/c1-3-5-7-9-11-13-15-17-21-25-30(29(33)34,27-23-19-20-24-28(31)32)26-22-18-16-14-12-10-8-6-4-2/h3-27H2,1-2H3,(H,31,32)(H,33,34). The van der Waals surface area contributed by atoms with Crippen LogP contribution < -0.4 is 0 Å². The van der Waals surface area contributed by atoms with Gasteiger partial charge in [-0.15, -0.1) is 0 Å². The van der Waals surface area contributed by atoms with Crippen molar-refractivity contribution in [3.8, 4) is 0 Å². The Morgan fingerprint density at radius 2 is 0.765 bits per heavy atom. The molecule has 0 aliphatic carbocycles. The summed E-state index contributed by atoms with van der Waals surface area (Å²) in [4.78, 5) is 23.2. The Hall–Kier alpha value is -1.06. The molecular formula is C30H58O4. The van der Waals surface area contributed by atoms with Crippen molar-refractivity contribution in [1.82, 2.24) is 0 Å². The highest BCUT2D eigenvalue weighted by Crippen LogP contribution is 2.38. The van der Waals surface area contributed by atoms with Crippen LogP contribution in [0.25, 0.3) is 0 Å². The first-order chi connectivity index (χ1) is 16.5. The fraction of sp³-hybridized carbons (Fsp3) is 0.933. The number of unbranched alkanes of at least 4 members (excludes halogenated alkanes) is 18. The molecule has 0 heterocycles. The largest absolute Gasteiger partial charge is 0.481 e. The smallest absolute Gasteiger partial charge is 0.309 e. The van der Waals surface area contributed by atoms with Crippen molar-refractivity contribution >= 4 is 11.9 Å². The summed E-state index contributed by atoms with van der Waals surface area (Å²) in [5.41, 5.74) is -0.606. The van der Waals surface area contributed by atoms with Gasteiger partial charge in [-0.1, -0.05) is 142 Å². The molecule has 0 unspecified atom stereocenters. The fourth-order valence-corrected chi connectivity index (χ4v) is 5.16. The summed E-state index contributed by atoms with van der Waals surface area (Å²) in [5.74, 6) is -1.38. The third-order valence-corrected chi connectivity index (χ3v) is 7.52. The molecular weight excluding hydrogens is 424 g/mol. The van der Waals surface area contributed by atoms with Gasteiger partial charge in [-0.25, -0.2) is 0 Å². The molecule has 0 rings (SSSR count). The zero-order valence-corrected chi connectivity index (χ0v) is 22.9. The number of carboxylic acid groups (broad SMARTS) is 2. The molecule has 2 N–H and O–H groups in total. The van der Waals surface area contributed by atoms with Crippen molar-refractivity contribution in [2.24, 2.45) is 5.41 Å². The Balaban J connectivity index is 4.42. The maximum atomic E-state index is 12.4. The van der Waals surface area contributed by atoms with Crippen molar-refractivity contribution in [1.29, 1.82) is 0 Å². The molecule has 34 heavy (non-hydrogen) atoms. The van der Waals surface area contributed by atoms with Crippen molar-refractivity contribution < 1.29 is 19.8 Å². The summed E-state index contributed by atoms with van der Waals surface area (Å²) < 4.78 is 0. The predicted octanol–water partition coefficient (Wildman–Crippen LogP) is 9.93. The lowest BCUT2D eigenvalue weighted by molar-refractivity contribution is -0.151. The van der Waals surface area contributed by atoms with Gasteiger partial charge in [-0.3, -0.25) is 9.59 Å². The molecule has 0 saturated carbocycles. The van der Waals surface area contributed by atoms with E-state index in [-0.39, 0.29) is 6.42 Å². The molecule has 0 fully saturated rings. The Morgan fingerprint density at radius 3 is 1.06 bits per heavy atom. The Labute approximate surface area is 211 Å². The quantitative estimate of drug-likeness (QED) is 0.114.